The fourth-order valence-electron chi connectivity index (χ4n) is 2.77. The number of nitrogens with zero attached hydrogens (tertiary/aromatic N) is 1. The summed E-state index contributed by atoms with van der Waals surface area (Å²) in [4.78, 5) is 13.6. The van der Waals surface area contributed by atoms with Crippen LogP contribution in [0.2, 0.25) is 0 Å². The Morgan fingerprint density at radius 1 is 1.15 bits per heavy atom. The van der Waals surface area contributed by atoms with Crippen molar-refractivity contribution >= 4 is 6.29 Å². The molecule has 1 aliphatic heterocycles. The van der Waals surface area contributed by atoms with Gasteiger partial charge in [-0.05, 0) is 36.7 Å². The zero-order chi connectivity index (χ0) is 14.4. The van der Waals surface area contributed by atoms with Gasteiger partial charge in [-0.2, -0.15) is 0 Å². The summed E-state index contributed by atoms with van der Waals surface area (Å²) in [7, 11) is 0. The highest BCUT2D eigenvalue weighted by Gasteiger charge is 2.20. The second-order valence-corrected chi connectivity index (χ2v) is 6.25. The standard InChI is InChI=1S/C18H25NO/c1-18(2,16-9-5-3-6-10-16)12-11-17(15-20)19-13-7-4-8-14-19/h3,5-6,9-11,15H,4,7-8,12-14H2,1-2H3/b17-11+. The van der Waals surface area contributed by atoms with Crippen LogP contribution in [-0.4, -0.2) is 24.3 Å². The molecule has 0 N–H and O–H groups in total. The van der Waals surface area contributed by atoms with Crippen LogP contribution >= 0.6 is 0 Å². The van der Waals surface area contributed by atoms with Crippen LogP contribution in [0.15, 0.2) is 42.1 Å². The molecule has 2 heteroatoms. The second-order valence-electron chi connectivity index (χ2n) is 6.25. The maximum atomic E-state index is 11.3. The van der Waals surface area contributed by atoms with E-state index in [0.717, 1.165) is 31.5 Å². The van der Waals surface area contributed by atoms with Gasteiger partial charge >= 0.3 is 0 Å². The van der Waals surface area contributed by atoms with Crippen LogP contribution in [-0.2, 0) is 10.2 Å². The molecule has 0 spiro atoms. The molecule has 2 nitrogen and oxygen atoms in total. The van der Waals surface area contributed by atoms with Gasteiger partial charge in [0.15, 0.2) is 6.29 Å². The van der Waals surface area contributed by atoms with E-state index >= 15 is 0 Å². The highest BCUT2D eigenvalue weighted by atomic mass is 16.1. The highest BCUT2D eigenvalue weighted by molar-refractivity contribution is 5.72. The first-order valence-electron chi connectivity index (χ1n) is 7.59. The summed E-state index contributed by atoms with van der Waals surface area (Å²) in [5.74, 6) is 0. The minimum Gasteiger partial charge on any atom is -0.369 e. The molecule has 0 atom stereocenters. The zero-order valence-corrected chi connectivity index (χ0v) is 12.6. The molecule has 1 saturated heterocycles. The van der Waals surface area contributed by atoms with Crippen molar-refractivity contribution in [1.29, 1.82) is 0 Å². The molecule has 1 aromatic rings. The Hall–Kier alpha value is -1.57. The average molecular weight is 271 g/mol. The lowest BCUT2D eigenvalue weighted by Gasteiger charge is -2.30. The molecule has 0 saturated carbocycles. The zero-order valence-electron chi connectivity index (χ0n) is 12.6. The molecule has 0 aliphatic carbocycles. The third-order valence-corrected chi connectivity index (χ3v) is 4.22. The molecule has 0 bridgehead atoms. The van der Waals surface area contributed by atoms with Crippen LogP contribution in [0.25, 0.3) is 0 Å². The number of likely N-dealkylation sites (tertiary alicyclic amines) is 1. The van der Waals surface area contributed by atoms with Crippen LogP contribution in [0.1, 0.15) is 45.1 Å². The fourth-order valence-corrected chi connectivity index (χ4v) is 2.77. The minimum atomic E-state index is 0.0608. The van der Waals surface area contributed by atoms with E-state index in [0.29, 0.717) is 0 Å². The van der Waals surface area contributed by atoms with Gasteiger partial charge in [0.2, 0.25) is 0 Å². The molecule has 0 aromatic heterocycles. The van der Waals surface area contributed by atoms with Gasteiger partial charge in [0.25, 0.3) is 0 Å². The number of piperidine rings is 1. The molecular weight excluding hydrogens is 246 g/mol. The first-order chi connectivity index (χ1) is 9.63. The first kappa shape index (κ1) is 14.8. The van der Waals surface area contributed by atoms with E-state index in [2.05, 4.69) is 49.1 Å². The first-order valence-corrected chi connectivity index (χ1v) is 7.59. The van der Waals surface area contributed by atoms with Crippen molar-refractivity contribution in [2.75, 3.05) is 13.1 Å². The number of allylic oxidation sites excluding steroid dienone is 2. The third kappa shape index (κ3) is 3.72. The quantitative estimate of drug-likeness (QED) is 0.597. The summed E-state index contributed by atoms with van der Waals surface area (Å²) in [5.41, 5.74) is 2.25. The van der Waals surface area contributed by atoms with Gasteiger partial charge in [0.05, 0.1) is 5.70 Å². The van der Waals surface area contributed by atoms with Gasteiger partial charge in [-0.1, -0.05) is 50.3 Å². The van der Waals surface area contributed by atoms with E-state index in [-0.39, 0.29) is 5.41 Å². The average Bonchev–Trinajstić information content (AvgIpc) is 2.50. The van der Waals surface area contributed by atoms with Crippen molar-refractivity contribution in [3.8, 4) is 0 Å². The number of benzene rings is 1. The van der Waals surface area contributed by atoms with Gasteiger partial charge in [-0.3, -0.25) is 4.79 Å². The molecule has 0 amide bonds. The van der Waals surface area contributed by atoms with Crippen LogP contribution in [0.3, 0.4) is 0 Å². The Morgan fingerprint density at radius 2 is 1.80 bits per heavy atom. The lowest BCUT2D eigenvalue weighted by Crippen LogP contribution is -2.30. The van der Waals surface area contributed by atoms with Crippen LogP contribution in [0.5, 0.6) is 0 Å². The Kier molecular flexibility index (Phi) is 4.99. The van der Waals surface area contributed by atoms with E-state index in [9.17, 15) is 4.79 Å². The molecule has 1 aliphatic rings. The summed E-state index contributed by atoms with van der Waals surface area (Å²) in [6.07, 6.45) is 7.72. The summed E-state index contributed by atoms with van der Waals surface area (Å²) in [5, 5.41) is 0. The number of hydrogen-bond donors (Lipinski definition) is 0. The normalized spacial score (nSPS) is 17.1. The summed E-state index contributed by atoms with van der Waals surface area (Å²) >= 11 is 0. The van der Waals surface area contributed by atoms with E-state index in [1.165, 1.54) is 24.8 Å². The third-order valence-electron chi connectivity index (χ3n) is 4.22. The van der Waals surface area contributed by atoms with Crippen molar-refractivity contribution in [2.45, 2.75) is 44.9 Å². The van der Waals surface area contributed by atoms with Gasteiger partial charge < -0.3 is 4.90 Å². The Morgan fingerprint density at radius 3 is 2.40 bits per heavy atom. The molecule has 0 unspecified atom stereocenters. The SMILES string of the molecule is CC(C)(C/C=C(\C=O)N1CCCCC1)c1ccccc1. The van der Waals surface area contributed by atoms with E-state index < -0.39 is 0 Å². The van der Waals surface area contributed by atoms with Gasteiger partial charge in [-0.25, -0.2) is 0 Å². The molecule has 1 fully saturated rings. The van der Waals surface area contributed by atoms with Gasteiger partial charge in [0.1, 0.15) is 0 Å². The molecular formula is C18H25NO. The Balaban J connectivity index is 2.07. The predicted molar refractivity (Wildman–Crippen MR) is 83.7 cm³/mol. The van der Waals surface area contributed by atoms with Gasteiger partial charge in [-0.15, -0.1) is 0 Å². The topological polar surface area (TPSA) is 20.3 Å². The summed E-state index contributed by atoms with van der Waals surface area (Å²) < 4.78 is 0. The molecule has 1 heterocycles. The number of hydrogen-bond acceptors (Lipinski definition) is 2. The van der Waals surface area contributed by atoms with Crippen LogP contribution in [0, 0.1) is 0 Å². The number of rotatable bonds is 5. The van der Waals surface area contributed by atoms with Crippen molar-refractivity contribution in [3.63, 3.8) is 0 Å². The summed E-state index contributed by atoms with van der Waals surface area (Å²) in [6.45, 7) is 6.52. The number of aldehydes is 1. The highest BCUT2D eigenvalue weighted by Crippen LogP contribution is 2.28. The van der Waals surface area contributed by atoms with Crippen molar-refractivity contribution in [1.82, 2.24) is 4.90 Å². The maximum Gasteiger partial charge on any atom is 0.165 e. The lowest BCUT2D eigenvalue weighted by atomic mass is 9.81. The Bertz CT molecular complexity index is 456. The van der Waals surface area contributed by atoms with Crippen molar-refractivity contribution in [2.24, 2.45) is 0 Å². The fraction of sp³-hybridized carbons (Fsp3) is 0.500. The van der Waals surface area contributed by atoms with E-state index in [1.807, 2.05) is 6.07 Å². The van der Waals surface area contributed by atoms with Crippen LogP contribution in [0.4, 0.5) is 0 Å². The minimum absolute atomic E-state index is 0.0608. The number of carbonyl (C=O) groups is 1. The predicted octanol–water partition coefficient (Wildman–Crippen LogP) is 3.92. The van der Waals surface area contributed by atoms with Crippen molar-refractivity contribution in [3.05, 3.63) is 47.7 Å². The monoisotopic (exact) mass is 271 g/mol. The van der Waals surface area contributed by atoms with E-state index in [1.54, 1.807) is 0 Å². The summed E-state index contributed by atoms with van der Waals surface area (Å²) in [6, 6.07) is 10.5. The molecule has 1 aromatic carbocycles. The molecule has 0 radical (unpaired) electrons. The largest absolute Gasteiger partial charge is 0.369 e. The van der Waals surface area contributed by atoms with Crippen molar-refractivity contribution < 1.29 is 4.79 Å². The van der Waals surface area contributed by atoms with E-state index in [4.69, 9.17) is 0 Å². The lowest BCUT2D eigenvalue weighted by molar-refractivity contribution is -0.106. The Labute approximate surface area is 122 Å². The molecule has 108 valence electrons. The van der Waals surface area contributed by atoms with Gasteiger partial charge in [0, 0.05) is 13.1 Å². The van der Waals surface area contributed by atoms with Crippen LogP contribution < -0.4 is 0 Å². The number of carbonyl (C=O) groups excluding carboxylic acids is 1. The maximum absolute atomic E-state index is 11.3. The smallest absolute Gasteiger partial charge is 0.165 e. The second kappa shape index (κ2) is 6.74. The molecule has 20 heavy (non-hydrogen) atoms. The molecule has 2 rings (SSSR count).